The van der Waals surface area contributed by atoms with Crippen LogP contribution in [0.2, 0.25) is 5.04 Å². The molecule has 0 aliphatic carbocycles. The van der Waals surface area contributed by atoms with E-state index in [2.05, 4.69) is 20.8 Å². The van der Waals surface area contributed by atoms with Crippen LogP contribution in [0.5, 0.6) is 0 Å². The highest BCUT2D eigenvalue weighted by Gasteiger charge is 2.61. The van der Waals surface area contributed by atoms with Crippen LogP contribution in [-0.4, -0.2) is 55.6 Å². The standard InChI is InChI=1S/C27H36O7Si/c1-25(2,3)33-24(29)31-18-21-22(27(7,30)23(28)32-21)34-35(26(4,5)6,19-14-10-8-11-15-19)20-16-12-9-13-17-20/h8-17,21-22,30H,18H2,1-7H3/t21-,22-,27+/m1/s1. The fourth-order valence-electron chi connectivity index (χ4n) is 4.42. The van der Waals surface area contributed by atoms with E-state index in [4.69, 9.17) is 18.6 Å². The first-order chi connectivity index (χ1) is 16.2. The number of hydrogen-bond donors (Lipinski definition) is 1. The number of rotatable bonds is 6. The fraction of sp³-hybridized carbons (Fsp3) is 0.481. The van der Waals surface area contributed by atoms with Gasteiger partial charge in [-0.3, -0.25) is 0 Å². The van der Waals surface area contributed by atoms with Crippen molar-refractivity contribution < 1.29 is 33.3 Å². The normalized spacial score (nSPS) is 23.0. The lowest BCUT2D eigenvalue weighted by atomic mass is 9.99. The van der Waals surface area contributed by atoms with Crippen LogP contribution in [0, 0.1) is 0 Å². The van der Waals surface area contributed by atoms with E-state index in [1.165, 1.54) is 6.92 Å². The first kappa shape index (κ1) is 26.9. The Morgan fingerprint density at radius 1 is 0.971 bits per heavy atom. The summed E-state index contributed by atoms with van der Waals surface area (Å²) in [6.07, 6.45) is -2.97. The molecular formula is C27H36O7Si. The second kappa shape index (κ2) is 9.76. The van der Waals surface area contributed by atoms with Gasteiger partial charge in [-0.05, 0) is 43.1 Å². The van der Waals surface area contributed by atoms with E-state index < -0.39 is 48.9 Å². The summed E-state index contributed by atoms with van der Waals surface area (Å²) in [7, 11) is -3.13. The first-order valence-corrected chi connectivity index (χ1v) is 13.7. The third-order valence-electron chi connectivity index (χ3n) is 6.04. The van der Waals surface area contributed by atoms with Gasteiger partial charge in [0, 0.05) is 0 Å². The van der Waals surface area contributed by atoms with Gasteiger partial charge in [-0.1, -0.05) is 81.4 Å². The summed E-state index contributed by atoms with van der Waals surface area (Å²) < 4.78 is 22.9. The Kier molecular flexibility index (Phi) is 7.50. The van der Waals surface area contributed by atoms with E-state index >= 15 is 0 Å². The van der Waals surface area contributed by atoms with Gasteiger partial charge >= 0.3 is 12.1 Å². The molecule has 1 aliphatic heterocycles. The molecule has 0 spiro atoms. The van der Waals surface area contributed by atoms with E-state index in [1.807, 2.05) is 60.7 Å². The Bertz CT molecular complexity index is 983. The lowest BCUT2D eigenvalue weighted by molar-refractivity contribution is -0.155. The summed E-state index contributed by atoms with van der Waals surface area (Å²) in [5.41, 5.74) is -2.67. The molecule has 0 radical (unpaired) electrons. The van der Waals surface area contributed by atoms with Crippen LogP contribution in [0.1, 0.15) is 48.5 Å². The lowest BCUT2D eigenvalue weighted by Crippen LogP contribution is -2.70. The van der Waals surface area contributed by atoms with Crippen molar-refractivity contribution in [2.75, 3.05) is 6.61 Å². The quantitative estimate of drug-likeness (QED) is 0.479. The van der Waals surface area contributed by atoms with Crippen LogP contribution in [0.25, 0.3) is 0 Å². The van der Waals surface area contributed by atoms with Crippen LogP contribution in [0.15, 0.2) is 60.7 Å². The van der Waals surface area contributed by atoms with Crippen molar-refractivity contribution in [1.29, 1.82) is 0 Å². The number of cyclic esters (lactones) is 1. The smallest absolute Gasteiger partial charge is 0.454 e. The molecule has 3 atom stereocenters. The summed E-state index contributed by atoms with van der Waals surface area (Å²) in [5, 5.41) is 12.8. The van der Waals surface area contributed by atoms with E-state index in [-0.39, 0.29) is 6.61 Å². The summed E-state index contributed by atoms with van der Waals surface area (Å²) in [4.78, 5) is 24.9. The van der Waals surface area contributed by atoms with Gasteiger partial charge in [0.25, 0.3) is 8.32 Å². The molecule has 2 aromatic carbocycles. The van der Waals surface area contributed by atoms with Gasteiger partial charge in [0.2, 0.25) is 0 Å². The highest BCUT2D eigenvalue weighted by molar-refractivity contribution is 6.99. The predicted octanol–water partition coefficient (Wildman–Crippen LogP) is 3.56. The predicted molar refractivity (Wildman–Crippen MR) is 135 cm³/mol. The van der Waals surface area contributed by atoms with Gasteiger partial charge in [0.05, 0.1) is 0 Å². The maximum Gasteiger partial charge on any atom is 0.508 e. The van der Waals surface area contributed by atoms with E-state index in [1.54, 1.807) is 20.8 Å². The Balaban J connectivity index is 2.05. The second-order valence-electron chi connectivity index (χ2n) is 11.1. The SMILES string of the molecule is CC(C)(C)OC(=O)OC[C@H]1OC(=O)[C@@](C)(O)[C@@H]1O[Si](c1ccccc1)(c1ccccc1)C(C)(C)C. The van der Waals surface area contributed by atoms with Crippen molar-refractivity contribution in [3.8, 4) is 0 Å². The lowest BCUT2D eigenvalue weighted by Gasteiger charge is -2.46. The molecule has 190 valence electrons. The number of aliphatic hydroxyl groups is 1. The number of carbonyl (C=O) groups is 2. The topological polar surface area (TPSA) is 91.3 Å². The summed E-state index contributed by atoms with van der Waals surface area (Å²) in [5.74, 6) is -0.821. The second-order valence-corrected chi connectivity index (χ2v) is 15.3. The highest BCUT2D eigenvalue weighted by atomic mass is 28.4. The number of esters is 1. The maximum absolute atomic E-state index is 12.7. The maximum atomic E-state index is 12.7. The summed E-state index contributed by atoms with van der Waals surface area (Å²) >= 11 is 0. The molecule has 1 N–H and O–H groups in total. The third kappa shape index (κ3) is 5.60. The average molecular weight is 501 g/mol. The monoisotopic (exact) mass is 500 g/mol. The molecule has 0 unspecified atom stereocenters. The minimum atomic E-state index is -3.13. The molecule has 0 amide bonds. The van der Waals surface area contributed by atoms with Crippen molar-refractivity contribution in [2.45, 2.75) is 76.9 Å². The van der Waals surface area contributed by atoms with Gasteiger partial charge in [-0.15, -0.1) is 0 Å². The van der Waals surface area contributed by atoms with Gasteiger partial charge in [0.1, 0.15) is 18.3 Å². The zero-order valence-electron chi connectivity index (χ0n) is 21.5. The molecule has 0 saturated carbocycles. The molecule has 0 bridgehead atoms. The molecule has 3 rings (SSSR count). The third-order valence-corrected chi connectivity index (χ3v) is 11.1. The fourth-order valence-corrected chi connectivity index (χ4v) is 9.20. The van der Waals surface area contributed by atoms with Crippen molar-refractivity contribution in [3.63, 3.8) is 0 Å². The van der Waals surface area contributed by atoms with E-state index in [0.717, 1.165) is 10.4 Å². The zero-order valence-corrected chi connectivity index (χ0v) is 22.5. The van der Waals surface area contributed by atoms with Gasteiger partial charge in [0.15, 0.2) is 11.7 Å². The number of ether oxygens (including phenoxy) is 3. The molecule has 1 aliphatic rings. The van der Waals surface area contributed by atoms with Gasteiger partial charge in [-0.2, -0.15) is 0 Å². The Morgan fingerprint density at radius 3 is 1.89 bits per heavy atom. The van der Waals surface area contributed by atoms with E-state index in [9.17, 15) is 14.7 Å². The summed E-state index contributed by atoms with van der Waals surface area (Å²) in [6, 6.07) is 19.7. The first-order valence-electron chi connectivity index (χ1n) is 11.8. The average Bonchev–Trinajstić information content (AvgIpc) is 2.97. The van der Waals surface area contributed by atoms with Crippen LogP contribution in [0.4, 0.5) is 4.79 Å². The molecule has 0 aromatic heterocycles. The minimum absolute atomic E-state index is 0.306. The molecule has 7 nitrogen and oxygen atoms in total. The largest absolute Gasteiger partial charge is 0.508 e. The number of hydrogen-bond acceptors (Lipinski definition) is 7. The Labute approximate surface area is 208 Å². The molecule has 8 heteroatoms. The van der Waals surface area contributed by atoms with Crippen molar-refractivity contribution >= 4 is 30.8 Å². The van der Waals surface area contributed by atoms with Crippen molar-refractivity contribution in [1.82, 2.24) is 0 Å². The van der Waals surface area contributed by atoms with Crippen LogP contribution < -0.4 is 10.4 Å². The highest BCUT2D eigenvalue weighted by Crippen LogP contribution is 2.41. The zero-order chi connectivity index (χ0) is 26.1. The van der Waals surface area contributed by atoms with Gasteiger partial charge in [-0.25, -0.2) is 9.59 Å². The number of carbonyl (C=O) groups excluding carboxylic acids is 2. The molecule has 1 fully saturated rings. The van der Waals surface area contributed by atoms with Crippen molar-refractivity contribution in [2.24, 2.45) is 0 Å². The Morgan fingerprint density at radius 2 is 1.46 bits per heavy atom. The van der Waals surface area contributed by atoms with Crippen LogP contribution in [0.3, 0.4) is 0 Å². The molecule has 2 aromatic rings. The Hall–Kier alpha value is -2.68. The molecule has 1 heterocycles. The molecule has 1 saturated heterocycles. The van der Waals surface area contributed by atoms with Crippen LogP contribution in [-0.2, 0) is 23.4 Å². The van der Waals surface area contributed by atoms with E-state index in [0.29, 0.717) is 0 Å². The summed E-state index contributed by atoms with van der Waals surface area (Å²) in [6.45, 7) is 12.5. The minimum Gasteiger partial charge on any atom is -0.454 e. The molecule has 35 heavy (non-hydrogen) atoms. The van der Waals surface area contributed by atoms with Gasteiger partial charge < -0.3 is 23.7 Å². The van der Waals surface area contributed by atoms with Crippen molar-refractivity contribution in [3.05, 3.63) is 60.7 Å². The van der Waals surface area contributed by atoms with Crippen LogP contribution >= 0.6 is 0 Å². The molecular weight excluding hydrogens is 464 g/mol. The number of benzene rings is 2.